The molecule has 0 unspecified atom stereocenters. The molecule has 26 heavy (non-hydrogen) atoms. The van der Waals surface area contributed by atoms with Crippen LogP contribution in [-0.2, 0) is 0 Å². The average Bonchev–Trinajstić information content (AvgIpc) is 2.60. The lowest BCUT2D eigenvalue weighted by atomic mass is 10.1. The van der Waals surface area contributed by atoms with Gasteiger partial charge >= 0.3 is 0 Å². The zero-order chi connectivity index (χ0) is 19.4. The molecule has 0 amide bonds. The minimum absolute atomic E-state index is 0.487. The Morgan fingerprint density at radius 2 is 1.08 bits per heavy atom. The van der Waals surface area contributed by atoms with Crippen molar-refractivity contribution in [2.75, 3.05) is 0 Å². The number of nitriles is 4. The van der Waals surface area contributed by atoms with Gasteiger partial charge in [0.15, 0.2) is 5.48 Å². The van der Waals surface area contributed by atoms with Crippen molar-refractivity contribution < 1.29 is 17.6 Å². The van der Waals surface area contributed by atoms with Crippen LogP contribution in [0.5, 0.6) is 0 Å². The second kappa shape index (κ2) is 7.09. The molecule has 0 N–H and O–H groups in total. The molecule has 1 heterocycles. The van der Waals surface area contributed by atoms with Gasteiger partial charge in [-0.25, -0.2) is 8.78 Å². The minimum atomic E-state index is -1.57. The van der Waals surface area contributed by atoms with Gasteiger partial charge in [-0.2, -0.15) is 39.8 Å². The summed E-state index contributed by atoms with van der Waals surface area (Å²) >= 11 is 0. The topological polar surface area (TPSA) is 121 Å². The van der Waals surface area contributed by atoms with Crippen molar-refractivity contribution >= 4 is 11.1 Å². The highest BCUT2D eigenvalue weighted by molar-refractivity contribution is 5.73. The number of hydrogen-bond acceptors (Lipinski definition) is 6. The molecule has 0 aliphatic rings. The van der Waals surface area contributed by atoms with E-state index in [2.05, 4.69) is 9.97 Å². The lowest BCUT2D eigenvalue weighted by molar-refractivity contribution is 0.502. The Kier molecular flexibility index (Phi) is 4.92. The third-order valence-corrected chi connectivity index (χ3v) is 3.07. The Labute approximate surface area is 141 Å². The molecule has 1 aromatic carbocycles. The number of halogens is 4. The fourth-order valence-electron chi connectivity index (χ4n) is 1.96. The number of benzene rings is 1. The Morgan fingerprint density at radius 1 is 0.692 bits per heavy atom. The van der Waals surface area contributed by atoms with Gasteiger partial charge in [0, 0.05) is 5.22 Å². The molecule has 124 valence electrons. The molecule has 2 aromatic rings. The molecule has 2 rings (SSSR count). The van der Waals surface area contributed by atoms with Crippen LogP contribution in [0.1, 0.15) is 0 Å². The summed E-state index contributed by atoms with van der Waals surface area (Å²) in [5.74, 6) is -5.82. The van der Waals surface area contributed by atoms with Crippen molar-refractivity contribution in [3.05, 3.63) is 56.8 Å². The Balaban J connectivity index is 3.07. The van der Waals surface area contributed by atoms with Crippen LogP contribution in [0.3, 0.4) is 0 Å². The molecular formula is C16H2F4N6. The average molecular weight is 354 g/mol. The van der Waals surface area contributed by atoms with Crippen LogP contribution in [0.25, 0.3) is 11.1 Å². The molecule has 10 heteroatoms. The highest BCUT2D eigenvalue weighted by Crippen LogP contribution is 2.02. The summed E-state index contributed by atoms with van der Waals surface area (Å²) in [7, 11) is 0. The number of hydrogen-bond donors (Lipinski definition) is 0. The van der Waals surface area contributed by atoms with Crippen LogP contribution >= 0.6 is 0 Å². The van der Waals surface area contributed by atoms with Gasteiger partial charge in [-0.05, 0) is 12.1 Å². The van der Waals surface area contributed by atoms with Crippen molar-refractivity contribution in [2.45, 2.75) is 0 Å². The molecule has 0 bridgehead atoms. The molecule has 0 aliphatic heterocycles. The molecule has 0 aliphatic carbocycles. The van der Waals surface area contributed by atoms with Gasteiger partial charge in [0.25, 0.3) is 0 Å². The maximum Gasteiger partial charge on any atom is 0.228 e. The van der Waals surface area contributed by atoms with E-state index in [0.29, 0.717) is 12.1 Å². The standard InChI is InChI=1S/C16H2F4N6/c17-10-1-7(2-11(18)12(10)8(3-21)4-22)16-25-14(19)13(15(20)26-16)9(5-23)6-24/h1-2H. The number of nitrogens with zero attached hydrogens (tertiary/aromatic N) is 6. The quantitative estimate of drug-likeness (QED) is 0.507. The van der Waals surface area contributed by atoms with Crippen molar-refractivity contribution in [1.29, 1.82) is 21.0 Å². The summed E-state index contributed by atoms with van der Waals surface area (Å²) < 4.78 is 56.0. The lowest BCUT2D eigenvalue weighted by Gasteiger charge is -1.97. The highest BCUT2D eigenvalue weighted by Gasteiger charge is 2.12. The minimum Gasteiger partial charge on any atom is -0.206 e. The van der Waals surface area contributed by atoms with E-state index in [1.54, 1.807) is 0 Å². The molecule has 6 nitrogen and oxygen atoms in total. The van der Waals surface area contributed by atoms with Crippen molar-refractivity contribution in [3.63, 3.8) is 0 Å². The Hall–Kier alpha value is -4.28. The van der Waals surface area contributed by atoms with Gasteiger partial charge in [-0.15, -0.1) is 0 Å². The predicted octanol–water partition coefficient (Wildman–Crippen LogP) is 0.716. The molecular weight excluding hydrogens is 352 g/mol. The van der Waals surface area contributed by atoms with E-state index in [4.69, 9.17) is 21.0 Å². The fourth-order valence-corrected chi connectivity index (χ4v) is 1.96. The SMILES string of the molecule is N#CC(C#N)=c1c(F)cc(=c2nc(F)c(=C(C#N)C#N)c(F)n2)cc1F. The van der Waals surface area contributed by atoms with E-state index in [-0.39, 0.29) is 0 Å². The lowest BCUT2D eigenvalue weighted by Crippen LogP contribution is -2.21. The summed E-state index contributed by atoms with van der Waals surface area (Å²) in [6.07, 6.45) is 0. The zero-order valence-electron chi connectivity index (χ0n) is 12.3. The maximum absolute atomic E-state index is 14.0. The first-order valence-electron chi connectivity index (χ1n) is 6.45. The second-order valence-electron chi connectivity index (χ2n) is 4.52. The highest BCUT2D eigenvalue weighted by atomic mass is 19.1. The van der Waals surface area contributed by atoms with Gasteiger partial charge in [0.1, 0.15) is 52.3 Å². The fraction of sp³-hybridized carbons (Fsp3) is 0. The largest absolute Gasteiger partial charge is 0.228 e. The molecule has 0 spiro atoms. The molecule has 0 saturated heterocycles. The summed E-state index contributed by atoms with van der Waals surface area (Å²) in [5.41, 5.74) is -2.51. The summed E-state index contributed by atoms with van der Waals surface area (Å²) in [6, 6.07) is 6.35. The maximum atomic E-state index is 14.0. The van der Waals surface area contributed by atoms with Gasteiger partial charge < -0.3 is 0 Å². The summed E-state index contributed by atoms with van der Waals surface area (Å²) in [6.45, 7) is 0. The normalized spacial score (nSPS) is 9.38. The molecule has 0 atom stereocenters. The van der Waals surface area contributed by atoms with Gasteiger partial charge in [0.2, 0.25) is 11.9 Å². The van der Waals surface area contributed by atoms with Gasteiger partial charge in [-0.3, -0.25) is 0 Å². The Morgan fingerprint density at radius 3 is 1.46 bits per heavy atom. The second-order valence-corrected chi connectivity index (χ2v) is 4.52. The summed E-state index contributed by atoms with van der Waals surface area (Å²) in [4.78, 5) is 6.41. The predicted molar refractivity (Wildman–Crippen MR) is 74.5 cm³/mol. The zero-order valence-corrected chi connectivity index (χ0v) is 12.3. The third-order valence-electron chi connectivity index (χ3n) is 3.07. The van der Waals surface area contributed by atoms with Crippen LogP contribution in [0.4, 0.5) is 17.6 Å². The Bertz CT molecular complexity index is 1130. The first-order chi connectivity index (χ1) is 12.4. The van der Waals surface area contributed by atoms with Crippen molar-refractivity contribution in [1.82, 2.24) is 9.97 Å². The van der Waals surface area contributed by atoms with Crippen molar-refractivity contribution in [2.24, 2.45) is 0 Å². The van der Waals surface area contributed by atoms with E-state index >= 15 is 0 Å². The number of rotatable bonds is 0. The van der Waals surface area contributed by atoms with E-state index in [1.165, 1.54) is 24.3 Å². The molecule has 0 radical (unpaired) electrons. The van der Waals surface area contributed by atoms with E-state index in [0.717, 1.165) is 0 Å². The van der Waals surface area contributed by atoms with Crippen LogP contribution in [-0.4, -0.2) is 9.97 Å². The van der Waals surface area contributed by atoms with Crippen LogP contribution < -0.4 is 10.4 Å². The molecule has 0 fully saturated rings. The smallest absolute Gasteiger partial charge is 0.206 e. The van der Waals surface area contributed by atoms with Gasteiger partial charge in [0.05, 0.1) is 5.22 Å². The van der Waals surface area contributed by atoms with Crippen LogP contribution in [0.2, 0.25) is 0 Å². The molecule has 1 aromatic heterocycles. The van der Waals surface area contributed by atoms with Crippen LogP contribution in [0.15, 0.2) is 12.1 Å². The van der Waals surface area contributed by atoms with Crippen LogP contribution in [0, 0.1) is 79.6 Å². The van der Waals surface area contributed by atoms with Crippen molar-refractivity contribution in [3.8, 4) is 24.3 Å². The van der Waals surface area contributed by atoms with E-state index in [1.807, 2.05) is 0 Å². The van der Waals surface area contributed by atoms with E-state index in [9.17, 15) is 17.6 Å². The van der Waals surface area contributed by atoms with Gasteiger partial charge in [-0.1, -0.05) is 0 Å². The van der Waals surface area contributed by atoms with E-state index < -0.39 is 55.8 Å². The first kappa shape index (κ1) is 18.1. The monoisotopic (exact) mass is 354 g/mol. The number of aromatic nitrogens is 2. The third kappa shape index (κ3) is 3.03. The first-order valence-corrected chi connectivity index (χ1v) is 6.45. The molecule has 0 saturated carbocycles. The summed E-state index contributed by atoms with van der Waals surface area (Å²) in [5, 5.41) is 32.3.